The molecule has 0 bridgehead atoms. The maximum Gasteiger partial charge on any atom is -0.0259 e. The Kier molecular flexibility index (Phi) is 4.10. The van der Waals surface area contributed by atoms with Gasteiger partial charge >= 0.3 is 0 Å². The highest BCUT2D eigenvalue weighted by atomic mass is 14.0. The minimum Gasteiger partial charge on any atom is -0.0959 e. The Bertz CT molecular complexity index is 140. The molecule has 0 heterocycles. The molecular weight excluding hydrogens is 120 g/mol. The third-order valence-electron chi connectivity index (χ3n) is 1.85. The molecule has 58 valence electrons. The van der Waals surface area contributed by atoms with Crippen LogP contribution in [0.3, 0.4) is 0 Å². The van der Waals surface area contributed by atoms with Gasteiger partial charge in [-0.25, -0.2) is 0 Å². The quantitative estimate of drug-likeness (QED) is 0.523. The molecule has 0 aliphatic carbocycles. The molecule has 0 spiro atoms. The molecule has 0 aliphatic rings. The summed E-state index contributed by atoms with van der Waals surface area (Å²) < 4.78 is 0. The van der Waals surface area contributed by atoms with Crippen LogP contribution < -0.4 is 0 Å². The fourth-order valence-electron chi connectivity index (χ4n) is 0.687. The molecule has 0 aromatic rings. The molecular formula is C10H18. The van der Waals surface area contributed by atoms with E-state index in [0.29, 0.717) is 5.92 Å². The van der Waals surface area contributed by atoms with Gasteiger partial charge in [-0.2, -0.15) is 0 Å². The fraction of sp³-hybridized carbons (Fsp3) is 0.600. The molecule has 0 aromatic heterocycles. The van der Waals surface area contributed by atoms with Crippen molar-refractivity contribution in [3.05, 3.63) is 23.8 Å². The second-order valence-corrected chi connectivity index (χ2v) is 3.02. The van der Waals surface area contributed by atoms with Gasteiger partial charge in [-0.3, -0.25) is 0 Å². The Morgan fingerprint density at radius 3 is 2.30 bits per heavy atom. The van der Waals surface area contributed by atoms with Crippen molar-refractivity contribution in [2.24, 2.45) is 5.92 Å². The van der Waals surface area contributed by atoms with Crippen LogP contribution in [0.4, 0.5) is 0 Å². The van der Waals surface area contributed by atoms with Crippen LogP contribution in [0.1, 0.15) is 34.1 Å². The van der Waals surface area contributed by atoms with Crippen LogP contribution >= 0.6 is 0 Å². The summed E-state index contributed by atoms with van der Waals surface area (Å²) in [6, 6.07) is 0. The SMILES string of the molecule is C=C(C)/C(C)=C\C(C)CC. The van der Waals surface area contributed by atoms with Gasteiger partial charge in [-0.1, -0.05) is 44.1 Å². The lowest BCUT2D eigenvalue weighted by molar-refractivity contribution is 0.693. The fourth-order valence-corrected chi connectivity index (χ4v) is 0.687. The van der Waals surface area contributed by atoms with Crippen molar-refractivity contribution >= 4 is 0 Å². The predicted molar refractivity (Wildman–Crippen MR) is 48.0 cm³/mol. The lowest BCUT2D eigenvalue weighted by Crippen LogP contribution is -1.88. The topological polar surface area (TPSA) is 0 Å². The molecule has 1 atom stereocenters. The molecule has 0 N–H and O–H groups in total. The van der Waals surface area contributed by atoms with E-state index in [-0.39, 0.29) is 0 Å². The summed E-state index contributed by atoms with van der Waals surface area (Å²) in [6.07, 6.45) is 3.49. The summed E-state index contributed by atoms with van der Waals surface area (Å²) in [4.78, 5) is 0. The molecule has 0 saturated carbocycles. The highest BCUT2D eigenvalue weighted by Crippen LogP contribution is 2.11. The lowest BCUT2D eigenvalue weighted by atomic mass is 10.0. The first kappa shape index (κ1) is 9.48. The molecule has 0 aliphatic heterocycles. The molecule has 0 nitrogen and oxygen atoms in total. The van der Waals surface area contributed by atoms with Gasteiger partial charge in [0.1, 0.15) is 0 Å². The van der Waals surface area contributed by atoms with Crippen molar-refractivity contribution < 1.29 is 0 Å². The minimum atomic E-state index is 0.691. The van der Waals surface area contributed by atoms with Gasteiger partial charge in [0.2, 0.25) is 0 Å². The average molecular weight is 138 g/mol. The Balaban J connectivity index is 4.02. The van der Waals surface area contributed by atoms with Gasteiger partial charge in [0.15, 0.2) is 0 Å². The van der Waals surface area contributed by atoms with Gasteiger partial charge in [-0.05, 0) is 19.8 Å². The Hall–Kier alpha value is -0.520. The third kappa shape index (κ3) is 3.49. The summed E-state index contributed by atoms with van der Waals surface area (Å²) >= 11 is 0. The maximum absolute atomic E-state index is 3.87. The second-order valence-electron chi connectivity index (χ2n) is 3.02. The Morgan fingerprint density at radius 2 is 2.00 bits per heavy atom. The average Bonchev–Trinajstić information content (AvgIpc) is 1.87. The molecule has 0 fully saturated rings. The van der Waals surface area contributed by atoms with Crippen molar-refractivity contribution in [1.29, 1.82) is 0 Å². The first-order valence-corrected chi connectivity index (χ1v) is 3.92. The molecule has 0 heteroatoms. The van der Waals surface area contributed by atoms with E-state index in [1.165, 1.54) is 17.6 Å². The third-order valence-corrected chi connectivity index (χ3v) is 1.85. The summed E-state index contributed by atoms with van der Waals surface area (Å²) in [5.41, 5.74) is 2.51. The van der Waals surface area contributed by atoms with Crippen molar-refractivity contribution in [2.75, 3.05) is 0 Å². The van der Waals surface area contributed by atoms with E-state index in [1.54, 1.807) is 0 Å². The van der Waals surface area contributed by atoms with Crippen molar-refractivity contribution in [2.45, 2.75) is 34.1 Å². The van der Waals surface area contributed by atoms with E-state index >= 15 is 0 Å². The number of allylic oxidation sites excluding steroid dienone is 3. The first-order chi connectivity index (χ1) is 4.57. The van der Waals surface area contributed by atoms with E-state index in [4.69, 9.17) is 0 Å². The van der Waals surface area contributed by atoms with Gasteiger partial charge in [-0.15, -0.1) is 0 Å². The summed E-state index contributed by atoms with van der Waals surface area (Å²) in [5.74, 6) is 0.691. The molecule has 0 saturated heterocycles. The minimum absolute atomic E-state index is 0.691. The molecule has 0 radical (unpaired) electrons. The van der Waals surface area contributed by atoms with Gasteiger partial charge in [0.05, 0.1) is 0 Å². The Morgan fingerprint density at radius 1 is 1.50 bits per heavy atom. The monoisotopic (exact) mass is 138 g/mol. The summed E-state index contributed by atoms with van der Waals surface area (Å²) in [5, 5.41) is 0. The normalized spacial score (nSPS) is 15.0. The van der Waals surface area contributed by atoms with E-state index in [2.05, 4.69) is 33.4 Å². The highest BCUT2D eigenvalue weighted by molar-refractivity contribution is 5.23. The number of hydrogen-bond acceptors (Lipinski definition) is 0. The summed E-state index contributed by atoms with van der Waals surface area (Å²) in [7, 11) is 0. The number of rotatable bonds is 3. The smallest absolute Gasteiger partial charge is 0.0259 e. The first-order valence-electron chi connectivity index (χ1n) is 3.92. The van der Waals surface area contributed by atoms with E-state index in [0.717, 1.165) is 0 Å². The predicted octanol–water partition coefficient (Wildman–Crippen LogP) is 3.55. The largest absolute Gasteiger partial charge is 0.0959 e. The molecule has 0 amide bonds. The zero-order valence-electron chi connectivity index (χ0n) is 7.57. The summed E-state index contributed by atoms with van der Waals surface area (Å²) in [6.45, 7) is 12.5. The lowest BCUT2D eigenvalue weighted by Gasteiger charge is -2.04. The number of hydrogen-bond donors (Lipinski definition) is 0. The van der Waals surface area contributed by atoms with Crippen molar-refractivity contribution in [3.8, 4) is 0 Å². The van der Waals surface area contributed by atoms with Crippen molar-refractivity contribution in [3.63, 3.8) is 0 Å². The van der Waals surface area contributed by atoms with Gasteiger partial charge < -0.3 is 0 Å². The van der Waals surface area contributed by atoms with E-state index in [9.17, 15) is 0 Å². The molecule has 10 heavy (non-hydrogen) atoms. The van der Waals surface area contributed by atoms with Crippen LogP contribution in [-0.4, -0.2) is 0 Å². The van der Waals surface area contributed by atoms with Crippen LogP contribution in [0.5, 0.6) is 0 Å². The van der Waals surface area contributed by atoms with E-state index < -0.39 is 0 Å². The van der Waals surface area contributed by atoms with Gasteiger partial charge in [0, 0.05) is 0 Å². The van der Waals surface area contributed by atoms with Crippen LogP contribution in [0, 0.1) is 5.92 Å². The second kappa shape index (κ2) is 4.32. The molecule has 1 unspecified atom stereocenters. The van der Waals surface area contributed by atoms with Crippen LogP contribution in [0.2, 0.25) is 0 Å². The zero-order valence-corrected chi connectivity index (χ0v) is 7.57. The molecule has 0 rings (SSSR count). The van der Waals surface area contributed by atoms with Crippen LogP contribution in [-0.2, 0) is 0 Å². The zero-order chi connectivity index (χ0) is 8.15. The standard InChI is InChI=1S/C10H18/c1-6-9(4)7-10(5)8(2)3/h7,9H,2,6H2,1,3-5H3/b10-7-. The maximum atomic E-state index is 3.87. The van der Waals surface area contributed by atoms with Crippen LogP contribution in [0.25, 0.3) is 0 Å². The Labute approximate surface area is 64.6 Å². The van der Waals surface area contributed by atoms with Crippen molar-refractivity contribution in [1.82, 2.24) is 0 Å². The van der Waals surface area contributed by atoms with E-state index in [1.807, 2.05) is 6.92 Å². The van der Waals surface area contributed by atoms with Gasteiger partial charge in [0.25, 0.3) is 0 Å². The van der Waals surface area contributed by atoms with Crippen LogP contribution in [0.15, 0.2) is 23.8 Å². The highest BCUT2D eigenvalue weighted by Gasteiger charge is 1.94. The molecule has 0 aromatic carbocycles.